The predicted octanol–water partition coefficient (Wildman–Crippen LogP) is 0.880. The molecule has 0 aromatic carbocycles. The van der Waals surface area contributed by atoms with Crippen LogP contribution in [0.15, 0.2) is 0 Å². The Balaban J connectivity index is 2.42. The monoisotopic (exact) mass is 212 g/mol. The number of aliphatic carboxylic acids is 1. The predicted molar refractivity (Wildman–Crippen MR) is 53.3 cm³/mol. The zero-order valence-electron chi connectivity index (χ0n) is 8.89. The van der Waals surface area contributed by atoms with Crippen molar-refractivity contribution in [3.8, 4) is 0 Å². The molecular formula is C9H16N4O2. The molecular weight excluding hydrogens is 196 g/mol. The third kappa shape index (κ3) is 4.05. The van der Waals surface area contributed by atoms with Crippen LogP contribution in [0.3, 0.4) is 0 Å². The molecule has 1 rings (SSSR count). The number of aromatic nitrogens is 4. The smallest absolute Gasteiger partial charge is 0.303 e. The second-order valence-electron chi connectivity index (χ2n) is 3.42. The van der Waals surface area contributed by atoms with Crippen LogP contribution in [0.25, 0.3) is 0 Å². The Kier molecular flexibility index (Phi) is 4.73. The minimum Gasteiger partial charge on any atom is -0.481 e. The molecule has 0 spiro atoms. The van der Waals surface area contributed by atoms with Gasteiger partial charge in [-0.3, -0.25) is 4.79 Å². The van der Waals surface area contributed by atoms with Gasteiger partial charge in [0.1, 0.15) is 0 Å². The summed E-state index contributed by atoms with van der Waals surface area (Å²) in [4.78, 5) is 10.4. The number of hydrogen-bond donors (Lipinski definition) is 1. The molecule has 1 heterocycles. The van der Waals surface area contributed by atoms with Crippen molar-refractivity contribution in [1.82, 2.24) is 20.2 Å². The van der Waals surface area contributed by atoms with Crippen LogP contribution in [0.5, 0.6) is 0 Å². The third-order valence-corrected chi connectivity index (χ3v) is 2.14. The first-order valence-corrected chi connectivity index (χ1v) is 5.21. The van der Waals surface area contributed by atoms with Gasteiger partial charge in [0.25, 0.3) is 0 Å². The fourth-order valence-electron chi connectivity index (χ4n) is 1.31. The van der Waals surface area contributed by atoms with Crippen molar-refractivity contribution in [2.75, 3.05) is 0 Å². The number of aryl methyl sites for hydroxylation is 2. The average Bonchev–Trinajstić information content (AvgIpc) is 2.63. The van der Waals surface area contributed by atoms with E-state index < -0.39 is 5.97 Å². The molecule has 1 aromatic heterocycles. The fraction of sp³-hybridized carbons (Fsp3) is 0.778. The van der Waals surface area contributed by atoms with E-state index >= 15 is 0 Å². The SMILES string of the molecule is CCCCCn1nnnc1CCC(=O)O. The molecule has 0 saturated carbocycles. The van der Waals surface area contributed by atoms with E-state index in [-0.39, 0.29) is 6.42 Å². The lowest BCUT2D eigenvalue weighted by molar-refractivity contribution is -0.137. The Labute approximate surface area is 88.3 Å². The summed E-state index contributed by atoms with van der Waals surface area (Å²) in [5.41, 5.74) is 0. The Morgan fingerprint density at radius 1 is 1.47 bits per heavy atom. The molecule has 6 nitrogen and oxygen atoms in total. The van der Waals surface area contributed by atoms with Gasteiger partial charge in [0.2, 0.25) is 0 Å². The molecule has 0 unspecified atom stereocenters. The maximum absolute atomic E-state index is 10.4. The number of unbranched alkanes of at least 4 members (excludes halogenated alkanes) is 2. The Morgan fingerprint density at radius 2 is 2.27 bits per heavy atom. The van der Waals surface area contributed by atoms with Gasteiger partial charge in [-0.1, -0.05) is 19.8 Å². The van der Waals surface area contributed by atoms with E-state index in [9.17, 15) is 4.79 Å². The normalized spacial score (nSPS) is 10.5. The summed E-state index contributed by atoms with van der Waals surface area (Å²) in [6.07, 6.45) is 3.79. The van der Waals surface area contributed by atoms with Crippen LogP contribution < -0.4 is 0 Å². The standard InChI is InChI=1S/C9H16N4O2/c1-2-3-4-7-13-8(10-11-12-13)5-6-9(14)15/h2-7H2,1H3,(H,14,15). The largest absolute Gasteiger partial charge is 0.481 e. The summed E-state index contributed by atoms with van der Waals surface area (Å²) in [5, 5.41) is 19.7. The molecule has 0 atom stereocenters. The first-order valence-electron chi connectivity index (χ1n) is 5.21. The second-order valence-corrected chi connectivity index (χ2v) is 3.42. The van der Waals surface area contributed by atoms with Gasteiger partial charge in [-0.25, -0.2) is 4.68 Å². The van der Waals surface area contributed by atoms with Gasteiger partial charge in [0, 0.05) is 13.0 Å². The van der Waals surface area contributed by atoms with E-state index in [0.29, 0.717) is 12.2 Å². The number of carboxylic acid groups (broad SMARTS) is 1. The van der Waals surface area contributed by atoms with Crippen LogP contribution in [0.2, 0.25) is 0 Å². The van der Waals surface area contributed by atoms with Gasteiger partial charge in [0.15, 0.2) is 5.82 Å². The van der Waals surface area contributed by atoms with Crippen molar-refractivity contribution >= 4 is 5.97 Å². The minimum atomic E-state index is -0.821. The summed E-state index contributed by atoms with van der Waals surface area (Å²) >= 11 is 0. The number of tetrazole rings is 1. The van der Waals surface area contributed by atoms with Crippen LogP contribution in [0, 0.1) is 0 Å². The summed E-state index contributed by atoms with van der Waals surface area (Å²) in [5.74, 6) is -0.161. The topological polar surface area (TPSA) is 80.9 Å². The van der Waals surface area contributed by atoms with Gasteiger partial charge >= 0.3 is 5.97 Å². The molecule has 0 fully saturated rings. The zero-order valence-corrected chi connectivity index (χ0v) is 8.89. The van der Waals surface area contributed by atoms with Crippen LogP contribution in [0.1, 0.15) is 38.4 Å². The average molecular weight is 212 g/mol. The lowest BCUT2D eigenvalue weighted by Gasteiger charge is -2.02. The summed E-state index contributed by atoms with van der Waals surface area (Å²) in [7, 11) is 0. The van der Waals surface area contributed by atoms with Crippen molar-refractivity contribution in [2.45, 2.75) is 45.6 Å². The number of nitrogens with zero attached hydrogens (tertiary/aromatic N) is 4. The van der Waals surface area contributed by atoms with E-state index in [2.05, 4.69) is 22.4 Å². The van der Waals surface area contributed by atoms with Gasteiger partial charge < -0.3 is 5.11 Å². The Hall–Kier alpha value is -1.46. The van der Waals surface area contributed by atoms with E-state index in [4.69, 9.17) is 5.11 Å². The molecule has 15 heavy (non-hydrogen) atoms. The molecule has 0 radical (unpaired) electrons. The maximum atomic E-state index is 10.4. The highest BCUT2D eigenvalue weighted by Crippen LogP contribution is 2.01. The molecule has 0 aliphatic rings. The van der Waals surface area contributed by atoms with E-state index in [0.717, 1.165) is 25.8 Å². The zero-order chi connectivity index (χ0) is 11.1. The second kappa shape index (κ2) is 6.10. The fourth-order valence-corrected chi connectivity index (χ4v) is 1.31. The quantitative estimate of drug-likeness (QED) is 0.678. The summed E-state index contributed by atoms with van der Waals surface area (Å²) in [6.45, 7) is 2.90. The van der Waals surface area contributed by atoms with Crippen molar-refractivity contribution in [3.63, 3.8) is 0 Å². The van der Waals surface area contributed by atoms with Crippen LogP contribution in [0.4, 0.5) is 0 Å². The van der Waals surface area contributed by atoms with Crippen molar-refractivity contribution in [3.05, 3.63) is 5.82 Å². The number of rotatable bonds is 7. The summed E-state index contributed by atoms with van der Waals surface area (Å²) < 4.78 is 1.69. The molecule has 6 heteroatoms. The number of carboxylic acids is 1. The van der Waals surface area contributed by atoms with Crippen molar-refractivity contribution in [1.29, 1.82) is 0 Å². The lowest BCUT2D eigenvalue weighted by atomic mass is 10.2. The molecule has 0 aliphatic carbocycles. The first kappa shape index (κ1) is 11.6. The number of hydrogen-bond acceptors (Lipinski definition) is 4. The van der Waals surface area contributed by atoms with Gasteiger partial charge in [-0.15, -0.1) is 5.10 Å². The Bertz CT molecular complexity index is 311. The van der Waals surface area contributed by atoms with Crippen molar-refractivity contribution in [2.24, 2.45) is 0 Å². The molecule has 84 valence electrons. The lowest BCUT2D eigenvalue weighted by Crippen LogP contribution is -2.08. The van der Waals surface area contributed by atoms with Crippen molar-refractivity contribution < 1.29 is 9.90 Å². The Morgan fingerprint density at radius 3 is 2.93 bits per heavy atom. The number of carbonyl (C=O) groups is 1. The highest BCUT2D eigenvalue weighted by molar-refractivity contribution is 5.66. The highest BCUT2D eigenvalue weighted by atomic mass is 16.4. The molecule has 0 saturated heterocycles. The first-order chi connectivity index (χ1) is 7.24. The molecule has 0 aliphatic heterocycles. The van der Waals surface area contributed by atoms with E-state index in [1.165, 1.54) is 0 Å². The molecule has 1 aromatic rings. The van der Waals surface area contributed by atoms with Crippen LogP contribution >= 0.6 is 0 Å². The van der Waals surface area contributed by atoms with E-state index in [1.54, 1.807) is 4.68 Å². The van der Waals surface area contributed by atoms with Gasteiger partial charge in [-0.2, -0.15) is 0 Å². The van der Waals surface area contributed by atoms with Crippen LogP contribution in [-0.2, 0) is 17.8 Å². The van der Waals surface area contributed by atoms with Gasteiger partial charge in [-0.05, 0) is 16.8 Å². The molecule has 1 N–H and O–H groups in total. The maximum Gasteiger partial charge on any atom is 0.303 e. The molecule has 0 amide bonds. The third-order valence-electron chi connectivity index (χ3n) is 2.14. The summed E-state index contributed by atoms with van der Waals surface area (Å²) in [6, 6.07) is 0. The molecule has 0 bridgehead atoms. The van der Waals surface area contributed by atoms with E-state index in [1.807, 2.05) is 0 Å². The minimum absolute atomic E-state index is 0.0775. The van der Waals surface area contributed by atoms with Crippen LogP contribution in [-0.4, -0.2) is 31.3 Å². The highest BCUT2D eigenvalue weighted by Gasteiger charge is 2.07. The van der Waals surface area contributed by atoms with Gasteiger partial charge in [0.05, 0.1) is 6.42 Å².